The molecular formula is C9H14N4O3. The molecule has 1 N–H and O–H groups in total. The van der Waals surface area contributed by atoms with Crippen LogP contribution >= 0.6 is 0 Å². The molecule has 0 aromatic carbocycles. The number of carboxylic acid groups (broad SMARTS) is 1. The maximum atomic E-state index is 11.7. The van der Waals surface area contributed by atoms with Crippen LogP contribution < -0.4 is 0 Å². The van der Waals surface area contributed by atoms with Crippen molar-refractivity contribution in [3.05, 3.63) is 12.4 Å². The van der Waals surface area contributed by atoms with Crippen LogP contribution in [-0.2, 0) is 16.1 Å². The molecule has 0 aliphatic carbocycles. The van der Waals surface area contributed by atoms with Crippen molar-refractivity contribution in [3.8, 4) is 0 Å². The second-order valence-electron chi connectivity index (χ2n) is 3.31. The number of aliphatic carboxylic acids is 1. The zero-order chi connectivity index (χ0) is 12.0. The van der Waals surface area contributed by atoms with E-state index < -0.39 is 5.97 Å². The summed E-state index contributed by atoms with van der Waals surface area (Å²) < 4.78 is 1.37. The molecule has 0 saturated carbocycles. The summed E-state index contributed by atoms with van der Waals surface area (Å²) in [6.07, 6.45) is 3.74. The van der Waals surface area contributed by atoms with Crippen LogP contribution in [0, 0.1) is 0 Å². The second kappa shape index (κ2) is 5.84. The Bertz CT molecular complexity index is 350. The molecule has 7 nitrogen and oxygen atoms in total. The summed E-state index contributed by atoms with van der Waals surface area (Å²) in [7, 11) is 0. The van der Waals surface area contributed by atoms with Crippen LogP contribution in [0.2, 0.25) is 0 Å². The Labute approximate surface area is 92.7 Å². The van der Waals surface area contributed by atoms with Crippen molar-refractivity contribution >= 4 is 11.9 Å². The molecule has 1 heterocycles. The van der Waals surface area contributed by atoms with Gasteiger partial charge in [-0.3, -0.25) is 9.59 Å². The Morgan fingerprint density at radius 1 is 1.50 bits per heavy atom. The number of carbonyl (C=O) groups is 2. The third kappa shape index (κ3) is 3.68. The third-order valence-corrected chi connectivity index (χ3v) is 1.94. The zero-order valence-corrected chi connectivity index (χ0v) is 9.04. The molecule has 0 unspecified atom stereocenters. The summed E-state index contributed by atoms with van der Waals surface area (Å²) in [4.78, 5) is 23.6. The van der Waals surface area contributed by atoms with Crippen molar-refractivity contribution in [2.75, 3.05) is 13.1 Å². The van der Waals surface area contributed by atoms with Crippen LogP contribution in [0.5, 0.6) is 0 Å². The van der Waals surface area contributed by atoms with Gasteiger partial charge in [0.15, 0.2) is 0 Å². The van der Waals surface area contributed by atoms with Crippen LogP contribution in [0.15, 0.2) is 12.4 Å². The lowest BCUT2D eigenvalue weighted by atomic mass is 10.3. The van der Waals surface area contributed by atoms with E-state index in [9.17, 15) is 9.59 Å². The lowest BCUT2D eigenvalue weighted by Gasteiger charge is -2.19. The summed E-state index contributed by atoms with van der Waals surface area (Å²) in [6.45, 7) is 2.06. The monoisotopic (exact) mass is 226 g/mol. The van der Waals surface area contributed by atoms with Gasteiger partial charge in [-0.15, -0.1) is 5.10 Å². The number of carboxylic acids is 1. The summed E-state index contributed by atoms with van der Waals surface area (Å²) in [5, 5.41) is 15.9. The Morgan fingerprint density at radius 3 is 2.75 bits per heavy atom. The van der Waals surface area contributed by atoms with Gasteiger partial charge in [0.1, 0.15) is 13.1 Å². The number of rotatable bonds is 6. The molecule has 0 bridgehead atoms. The highest BCUT2D eigenvalue weighted by atomic mass is 16.4. The predicted molar refractivity (Wildman–Crippen MR) is 54.5 cm³/mol. The van der Waals surface area contributed by atoms with Gasteiger partial charge in [-0.1, -0.05) is 12.1 Å². The number of carbonyl (C=O) groups excluding carboxylic acids is 1. The fraction of sp³-hybridized carbons (Fsp3) is 0.556. The number of hydrogen-bond acceptors (Lipinski definition) is 4. The molecule has 1 aromatic rings. The molecule has 1 rings (SSSR count). The first-order valence-corrected chi connectivity index (χ1v) is 4.97. The van der Waals surface area contributed by atoms with Crippen molar-refractivity contribution in [3.63, 3.8) is 0 Å². The highest BCUT2D eigenvalue weighted by molar-refractivity contribution is 5.81. The summed E-state index contributed by atoms with van der Waals surface area (Å²) >= 11 is 0. The second-order valence-corrected chi connectivity index (χ2v) is 3.31. The molecule has 1 amide bonds. The molecule has 0 fully saturated rings. The molecule has 0 radical (unpaired) electrons. The number of hydrogen-bond donors (Lipinski definition) is 1. The van der Waals surface area contributed by atoms with Gasteiger partial charge in [0.25, 0.3) is 0 Å². The van der Waals surface area contributed by atoms with Crippen LogP contribution in [-0.4, -0.2) is 50.0 Å². The molecule has 1 aromatic heterocycles. The highest BCUT2D eigenvalue weighted by Gasteiger charge is 2.16. The first-order valence-electron chi connectivity index (χ1n) is 4.97. The molecule has 0 aliphatic heterocycles. The Morgan fingerprint density at radius 2 is 2.25 bits per heavy atom. The van der Waals surface area contributed by atoms with Gasteiger partial charge in [0, 0.05) is 12.7 Å². The third-order valence-electron chi connectivity index (χ3n) is 1.94. The Kier molecular flexibility index (Phi) is 4.43. The van der Waals surface area contributed by atoms with E-state index in [1.54, 1.807) is 6.20 Å². The van der Waals surface area contributed by atoms with Gasteiger partial charge in [-0.2, -0.15) is 0 Å². The lowest BCUT2D eigenvalue weighted by Crippen LogP contribution is -2.38. The van der Waals surface area contributed by atoms with Crippen LogP contribution in [0.25, 0.3) is 0 Å². The number of nitrogens with zero attached hydrogens (tertiary/aromatic N) is 4. The maximum absolute atomic E-state index is 11.7. The van der Waals surface area contributed by atoms with Gasteiger partial charge < -0.3 is 10.0 Å². The van der Waals surface area contributed by atoms with Gasteiger partial charge in [-0.05, 0) is 6.42 Å². The van der Waals surface area contributed by atoms with Gasteiger partial charge in [-0.25, -0.2) is 4.68 Å². The Balaban J connectivity index is 2.56. The highest BCUT2D eigenvalue weighted by Crippen LogP contribution is 1.95. The fourth-order valence-electron chi connectivity index (χ4n) is 1.28. The predicted octanol–water partition coefficient (Wildman–Crippen LogP) is -0.399. The van der Waals surface area contributed by atoms with Crippen LogP contribution in [0.3, 0.4) is 0 Å². The van der Waals surface area contributed by atoms with E-state index in [1.165, 1.54) is 15.8 Å². The first-order chi connectivity index (χ1) is 7.63. The van der Waals surface area contributed by atoms with E-state index in [4.69, 9.17) is 5.11 Å². The minimum atomic E-state index is -1.01. The average molecular weight is 226 g/mol. The zero-order valence-electron chi connectivity index (χ0n) is 9.04. The van der Waals surface area contributed by atoms with E-state index in [2.05, 4.69) is 10.3 Å². The fourth-order valence-corrected chi connectivity index (χ4v) is 1.28. The van der Waals surface area contributed by atoms with Gasteiger partial charge in [0.2, 0.25) is 5.91 Å². The number of amides is 1. The molecular weight excluding hydrogens is 212 g/mol. The van der Waals surface area contributed by atoms with Crippen molar-refractivity contribution in [2.24, 2.45) is 0 Å². The standard InChI is InChI=1S/C9H14N4O3/c1-2-4-12(7-9(15)16)8(14)6-13-5-3-10-11-13/h3,5H,2,4,6-7H2,1H3,(H,15,16). The van der Waals surface area contributed by atoms with Gasteiger partial charge in [0.05, 0.1) is 6.20 Å². The maximum Gasteiger partial charge on any atom is 0.323 e. The van der Waals surface area contributed by atoms with E-state index in [0.717, 1.165) is 6.42 Å². The minimum absolute atomic E-state index is 0.0211. The van der Waals surface area contributed by atoms with E-state index in [0.29, 0.717) is 6.54 Å². The molecule has 0 spiro atoms. The molecule has 0 saturated heterocycles. The average Bonchev–Trinajstić information content (AvgIpc) is 2.69. The summed E-state index contributed by atoms with van der Waals surface area (Å²) in [5.41, 5.74) is 0. The largest absolute Gasteiger partial charge is 0.480 e. The van der Waals surface area contributed by atoms with Crippen molar-refractivity contribution < 1.29 is 14.7 Å². The smallest absolute Gasteiger partial charge is 0.323 e. The lowest BCUT2D eigenvalue weighted by molar-refractivity contribution is -0.144. The molecule has 16 heavy (non-hydrogen) atoms. The number of aromatic nitrogens is 3. The SMILES string of the molecule is CCCN(CC(=O)O)C(=O)Cn1ccnn1. The van der Waals surface area contributed by atoms with Crippen LogP contribution in [0.4, 0.5) is 0 Å². The van der Waals surface area contributed by atoms with Crippen molar-refractivity contribution in [2.45, 2.75) is 19.9 Å². The summed E-state index contributed by atoms with van der Waals surface area (Å²) in [6, 6.07) is 0. The van der Waals surface area contributed by atoms with E-state index in [1.807, 2.05) is 6.92 Å². The first kappa shape index (κ1) is 12.2. The van der Waals surface area contributed by atoms with Crippen molar-refractivity contribution in [1.29, 1.82) is 0 Å². The van der Waals surface area contributed by atoms with Gasteiger partial charge >= 0.3 is 5.97 Å². The molecule has 0 atom stereocenters. The van der Waals surface area contributed by atoms with E-state index in [-0.39, 0.29) is 19.0 Å². The topological polar surface area (TPSA) is 88.3 Å². The quantitative estimate of drug-likeness (QED) is 0.713. The van der Waals surface area contributed by atoms with Crippen molar-refractivity contribution in [1.82, 2.24) is 19.9 Å². The minimum Gasteiger partial charge on any atom is -0.480 e. The molecule has 7 heteroatoms. The van der Waals surface area contributed by atoms with Crippen LogP contribution in [0.1, 0.15) is 13.3 Å². The molecule has 88 valence electrons. The normalized spacial score (nSPS) is 10.1. The Hall–Kier alpha value is -1.92. The van der Waals surface area contributed by atoms with E-state index >= 15 is 0 Å². The summed E-state index contributed by atoms with van der Waals surface area (Å²) in [5.74, 6) is -1.28. The molecule has 0 aliphatic rings.